The third-order valence-corrected chi connectivity index (χ3v) is 5.07. The Kier molecular flexibility index (Phi) is 6.02. The average molecular weight is 357 g/mol. The average Bonchev–Trinajstić information content (AvgIpc) is 3.32. The lowest BCUT2D eigenvalue weighted by atomic mass is 9.91. The topological polar surface area (TPSA) is 50.4 Å². The molecule has 0 aliphatic heterocycles. The van der Waals surface area contributed by atoms with Crippen LogP contribution < -0.4 is 10.6 Å². The normalized spacial score (nSPS) is 28.7. The Labute approximate surface area is 157 Å². The number of ether oxygens (including phenoxy) is 1. The predicted molar refractivity (Wildman–Crippen MR) is 106 cm³/mol. The first-order valence-corrected chi connectivity index (χ1v) is 9.88. The molecule has 0 aromatic heterocycles. The van der Waals surface area contributed by atoms with E-state index in [1.807, 2.05) is 26.8 Å². The fourth-order valence-electron chi connectivity index (χ4n) is 3.60. The Balaban J connectivity index is 1.34. The van der Waals surface area contributed by atoms with Gasteiger partial charge in [0, 0.05) is 18.1 Å². The first kappa shape index (κ1) is 19.0. The van der Waals surface area contributed by atoms with Crippen molar-refractivity contribution in [3.8, 4) is 0 Å². The van der Waals surface area contributed by atoms with Gasteiger partial charge in [-0.3, -0.25) is 0 Å². The molecular formula is C22H32N2O2. The zero-order chi connectivity index (χ0) is 18.6. The standard InChI is InChI=1S/C22H32N2O2/c1-22(2,3)26-21(25)24-19-13-11-18(12-14-19)23-20-15-17(20)10-9-16-7-5-4-6-8-16/h4-10,17-20,23H,11-15H2,1-3H3,(H,24,25)/b10-9+. The fraction of sp³-hybridized carbons (Fsp3) is 0.591. The lowest BCUT2D eigenvalue weighted by Crippen LogP contribution is -2.44. The Hall–Kier alpha value is -1.81. The van der Waals surface area contributed by atoms with E-state index in [1.165, 1.54) is 12.0 Å². The third-order valence-electron chi connectivity index (χ3n) is 5.07. The second kappa shape index (κ2) is 8.26. The van der Waals surface area contributed by atoms with E-state index in [2.05, 4.69) is 47.1 Å². The molecule has 4 heteroatoms. The predicted octanol–water partition coefficient (Wildman–Crippen LogP) is 4.51. The molecule has 2 N–H and O–H groups in total. The first-order chi connectivity index (χ1) is 12.4. The summed E-state index contributed by atoms with van der Waals surface area (Å²) >= 11 is 0. The summed E-state index contributed by atoms with van der Waals surface area (Å²) in [4.78, 5) is 11.9. The van der Waals surface area contributed by atoms with Gasteiger partial charge in [0.25, 0.3) is 0 Å². The number of carbonyl (C=O) groups excluding carboxylic acids is 1. The van der Waals surface area contributed by atoms with Crippen LogP contribution in [0.1, 0.15) is 58.4 Å². The van der Waals surface area contributed by atoms with Crippen LogP contribution in [0.5, 0.6) is 0 Å². The van der Waals surface area contributed by atoms with Crippen LogP contribution in [0.2, 0.25) is 0 Å². The number of alkyl carbamates (subject to hydrolysis) is 1. The number of hydrogen-bond acceptors (Lipinski definition) is 3. The van der Waals surface area contributed by atoms with Crippen LogP contribution in [0.4, 0.5) is 4.79 Å². The molecule has 4 nitrogen and oxygen atoms in total. The molecule has 2 atom stereocenters. The number of nitrogens with one attached hydrogen (secondary N) is 2. The van der Waals surface area contributed by atoms with Crippen LogP contribution >= 0.6 is 0 Å². The monoisotopic (exact) mass is 356 g/mol. The molecule has 0 saturated heterocycles. The van der Waals surface area contributed by atoms with Gasteiger partial charge in [0.05, 0.1) is 0 Å². The maximum atomic E-state index is 11.9. The highest BCUT2D eigenvalue weighted by molar-refractivity contribution is 5.68. The molecule has 0 bridgehead atoms. The maximum Gasteiger partial charge on any atom is 0.407 e. The molecule has 142 valence electrons. The SMILES string of the molecule is CC(C)(C)OC(=O)NC1CCC(NC2CC2/C=C/c2ccccc2)CC1. The minimum absolute atomic E-state index is 0.246. The van der Waals surface area contributed by atoms with Gasteiger partial charge in [0.2, 0.25) is 0 Å². The summed E-state index contributed by atoms with van der Waals surface area (Å²) in [6, 6.07) is 11.9. The van der Waals surface area contributed by atoms with Crippen molar-refractivity contribution in [2.75, 3.05) is 0 Å². The molecule has 2 aliphatic rings. The lowest BCUT2D eigenvalue weighted by molar-refractivity contribution is 0.0489. The quantitative estimate of drug-likeness (QED) is 0.816. The lowest BCUT2D eigenvalue weighted by Gasteiger charge is -2.30. The zero-order valence-electron chi connectivity index (χ0n) is 16.2. The van der Waals surface area contributed by atoms with Crippen molar-refractivity contribution >= 4 is 12.2 Å². The van der Waals surface area contributed by atoms with Crippen molar-refractivity contribution in [2.24, 2.45) is 5.92 Å². The highest BCUT2D eigenvalue weighted by Gasteiger charge is 2.37. The molecule has 1 aromatic rings. The highest BCUT2D eigenvalue weighted by atomic mass is 16.6. The molecule has 26 heavy (non-hydrogen) atoms. The van der Waals surface area contributed by atoms with E-state index >= 15 is 0 Å². The third kappa shape index (κ3) is 6.17. The number of carbonyl (C=O) groups is 1. The Morgan fingerprint density at radius 1 is 1.08 bits per heavy atom. The van der Waals surface area contributed by atoms with Crippen molar-refractivity contribution in [3.63, 3.8) is 0 Å². The van der Waals surface area contributed by atoms with E-state index < -0.39 is 5.60 Å². The summed E-state index contributed by atoms with van der Waals surface area (Å²) in [6.07, 6.45) is 9.79. The zero-order valence-corrected chi connectivity index (χ0v) is 16.2. The van der Waals surface area contributed by atoms with Crippen molar-refractivity contribution in [2.45, 2.75) is 76.6 Å². The minimum Gasteiger partial charge on any atom is -0.444 e. The number of hydrogen-bond donors (Lipinski definition) is 2. The molecular weight excluding hydrogens is 324 g/mol. The molecule has 2 unspecified atom stereocenters. The summed E-state index contributed by atoms with van der Waals surface area (Å²) < 4.78 is 5.35. The summed E-state index contributed by atoms with van der Waals surface area (Å²) in [7, 11) is 0. The number of rotatable bonds is 5. The van der Waals surface area contributed by atoms with E-state index in [-0.39, 0.29) is 12.1 Å². The summed E-state index contributed by atoms with van der Waals surface area (Å²) in [6.45, 7) is 5.68. The first-order valence-electron chi connectivity index (χ1n) is 9.88. The van der Waals surface area contributed by atoms with Gasteiger partial charge >= 0.3 is 6.09 Å². The Bertz CT molecular complexity index is 613. The molecule has 2 fully saturated rings. The molecule has 1 aromatic carbocycles. The van der Waals surface area contributed by atoms with E-state index in [4.69, 9.17) is 4.74 Å². The van der Waals surface area contributed by atoms with E-state index in [9.17, 15) is 4.79 Å². The van der Waals surface area contributed by atoms with Crippen LogP contribution in [-0.2, 0) is 4.74 Å². The van der Waals surface area contributed by atoms with Crippen molar-refractivity contribution in [1.29, 1.82) is 0 Å². The van der Waals surface area contributed by atoms with Gasteiger partial charge in [-0.15, -0.1) is 0 Å². The van der Waals surface area contributed by atoms with E-state index in [0.29, 0.717) is 18.0 Å². The smallest absolute Gasteiger partial charge is 0.407 e. The summed E-state index contributed by atoms with van der Waals surface area (Å²) in [5.74, 6) is 0.660. The Morgan fingerprint density at radius 2 is 1.73 bits per heavy atom. The van der Waals surface area contributed by atoms with Crippen LogP contribution in [0, 0.1) is 5.92 Å². The van der Waals surface area contributed by atoms with Gasteiger partial charge in [-0.05, 0) is 64.4 Å². The second-order valence-electron chi connectivity index (χ2n) is 8.64. The summed E-state index contributed by atoms with van der Waals surface area (Å²) in [5, 5.41) is 6.81. The van der Waals surface area contributed by atoms with Crippen molar-refractivity contribution < 1.29 is 9.53 Å². The van der Waals surface area contributed by atoms with Gasteiger partial charge < -0.3 is 15.4 Å². The fourth-order valence-corrected chi connectivity index (χ4v) is 3.60. The van der Waals surface area contributed by atoms with Crippen LogP contribution in [-0.4, -0.2) is 29.8 Å². The molecule has 0 radical (unpaired) electrons. The van der Waals surface area contributed by atoms with E-state index in [1.54, 1.807) is 0 Å². The highest BCUT2D eigenvalue weighted by Crippen LogP contribution is 2.34. The Morgan fingerprint density at radius 3 is 2.38 bits per heavy atom. The van der Waals surface area contributed by atoms with Gasteiger partial charge in [-0.25, -0.2) is 4.79 Å². The largest absolute Gasteiger partial charge is 0.444 e. The van der Waals surface area contributed by atoms with E-state index in [0.717, 1.165) is 25.7 Å². The van der Waals surface area contributed by atoms with Gasteiger partial charge in [-0.1, -0.05) is 42.5 Å². The van der Waals surface area contributed by atoms with Crippen molar-refractivity contribution in [1.82, 2.24) is 10.6 Å². The molecule has 2 aliphatic carbocycles. The minimum atomic E-state index is -0.433. The van der Waals surface area contributed by atoms with Gasteiger partial charge in [0.1, 0.15) is 5.60 Å². The van der Waals surface area contributed by atoms with Gasteiger partial charge in [-0.2, -0.15) is 0 Å². The number of amides is 1. The van der Waals surface area contributed by atoms with Gasteiger partial charge in [0.15, 0.2) is 0 Å². The van der Waals surface area contributed by atoms with Crippen LogP contribution in [0.15, 0.2) is 36.4 Å². The molecule has 0 spiro atoms. The number of benzene rings is 1. The van der Waals surface area contributed by atoms with Crippen LogP contribution in [0.3, 0.4) is 0 Å². The molecule has 3 rings (SSSR count). The second-order valence-corrected chi connectivity index (χ2v) is 8.64. The summed E-state index contributed by atoms with van der Waals surface area (Å²) in [5.41, 5.74) is 0.837. The maximum absolute atomic E-state index is 11.9. The molecule has 1 amide bonds. The molecule has 0 heterocycles. The van der Waals surface area contributed by atoms with Crippen LogP contribution in [0.25, 0.3) is 6.08 Å². The molecule has 2 saturated carbocycles. The van der Waals surface area contributed by atoms with Crippen molar-refractivity contribution in [3.05, 3.63) is 42.0 Å².